The second kappa shape index (κ2) is 5.86. The highest BCUT2D eigenvalue weighted by Crippen LogP contribution is 2.22. The predicted octanol–water partition coefficient (Wildman–Crippen LogP) is 1.00. The number of hydrogen-bond acceptors (Lipinski definition) is 5. The minimum Gasteiger partial charge on any atom is -0.372 e. The van der Waals surface area contributed by atoms with Gasteiger partial charge in [-0.1, -0.05) is 0 Å². The predicted molar refractivity (Wildman–Crippen MR) is 69.3 cm³/mol. The minimum atomic E-state index is -0.147. The first-order valence-corrected chi connectivity index (χ1v) is 6.81. The zero-order valence-electron chi connectivity index (χ0n) is 9.77. The van der Waals surface area contributed by atoms with E-state index < -0.39 is 0 Å². The van der Waals surface area contributed by atoms with Crippen molar-refractivity contribution in [3.63, 3.8) is 0 Å². The number of aromatic nitrogens is 2. The van der Waals surface area contributed by atoms with E-state index in [0.29, 0.717) is 17.4 Å². The van der Waals surface area contributed by atoms with E-state index in [0.717, 1.165) is 12.3 Å². The molecule has 0 radical (unpaired) electrons. The van der Waals surface area contributed by atoms with E-state index in [1.54, 1.807) is 13.2 Å². The van der Waals surface area contributed by atoms with Crippen molar-refractivity contribution in [2.45, 2.75) is 6.42 Å². The van der Waals surface area contributed by atoms with Crippen LogP contribution >= 0.6 is 11.8 Å². The summed E-state index contributed by atoms with van der Waals surface area (Å²) in [4.78, 5) is 19.9. The third-order valence-corrected chi connectivity index (χ3v) is 3.93. The van der Waals surface area contributed by atoms with Crippen LogP contribution in [-0.2, 0) is 0 Å². The Hall–Kier alpha value is -1.30. The van der Waals surface area contributed by atoms with Crippen molar-refractivity contribution in [1.82, 2.24) is 15.3 Å². The molecule has 92 valence electrons. The summed E-state index contributed by atoms with van der Waals surface area (Å²) >= 11 is 1.95. The lowest BCUT2D eigenvalue weighted by Gasteiger charge is -2.09. The van der Waals surface area contributed by atoms with Gasteiger partial charge in [-0.3, -0.25) is 9.78 Å². The smallest absolute Gasteiger partial charge is 0.271 e. The first kappa shape index (κ1) is 12.2. The largest absolute Gasteiger partial charge is 0.372 e. The molecule has 1 aliphatic heterocycles. The molecule has 5 nitrogen and oxygen atoms in total. The second-order valence-corrected chi connectivity index (χ2v) is 5.13. The fraction of sp³-hybridized carbons (Fsp3) is 0.545. The van der Waals surface area contributed by atoms with E-state index in [2.05, 4.69) is 20.6 Å². The van der Waals surface area contributed by atoms with Gasteiger partial charge in [-0.05, 0) is 23.8 Å². The van der Waals surface area contributed by atoms with Crippen molar-refractivity contribution in [2.24, 2.45) is 5.92 Å². The van der Waals surface area contributed by atoms with Gasteiger partial charge in [0.15, 0.2) is 0 Å². The summed E-state index contributed by atoms with van der Waals surface area (Å²) in [5.74, 6) is 3.41. The van der Waals surface area contributed by atoms with Gasteiger partial charge in [-0.2, -0.15) is 11.8 Å². The van der Waals surface area contributed by atoms with Crippen molar-refractivity contribution in [3.8, 4) is 0 Å². The molecular formula is C11H16N4OS. The Balaban J connectivity index is 1.89. The van der Waals surface area contributed by atoms with E-state index in [1.165, 1.54) is 18.4 Å². The van der Waals surface area contributed by atoms with Gasteiger partial charge in [0.25, 0.3) is 5.91 Å². The van der Waals surface area contributed by atoms with Crippen LogP contribution in [0, 0.1) is 5.92 Å². The van der Waals surface area contributed by atoms with Crippen molar-refractivity contribution in [2.75, 3.05) is 30.4 Å². The second-order valence-electron chi connectivity index (χ2n) is 3.98. The van der Waals surface area contributed by atoms with E-state index in [-0.39, 0.29) is 5.91 Å². The number of nitrogens with zero attached hydrogens (tertiary/aromatic N) is 2. The van der Waals surface area contributed by atoms with Crippen LogP contribution in [0.15, 0.2) is 12.4 Å². The third kappa shape index (κ3) is 3.33. The van der Waals surface area contributed by atoms with Gasteiger partial charge < -0.3 is 10.6 Å². The number of carbonyl (C=O) groups excluding carboxylic acids is 1. The zero-order valence-corrected chi connectivity index (χ0v) is 10.6. The summed E-state index contributed by atoms with van der Waals surface area (Å²) in [6.07, 6.45) is 4.26. The van der Waals surface area contributed by atoms with Crippen molar-refractivity contribution in [3.05, 3.63) is 18.1 Å². The monoisotopic (exact) mass is 252 g/mol. The zero-order chi connectivity index (χ0) is 12.1. The summed E-state index contributed by atoms with van der Waals surface area (Å²) in [6, 6.07) is 0. The standard InChI is InChI=1S/C11H16N4OS/c1-12-10-6-13-5-9(15-10)11(16)14-4-8-2-3-17-7-8/h5-6,8H,2-4,7H2,1H3,(H,12,15)(H,14,16). The molecule has 2 rings (SSSR count). The summed E-state index contributed by atoms with van der Waals surface area (Å²) < 4.78 is 0. The lowest BCUT2D eigenvalue weighted by molar-refractivity contribution is 0.0943. The number of thioether (sulfide) groups is 1. The fourth-order valence-corrected chi connectivity index (χ4v) is 2.95. The van der Waals surface area contributed by atoms with Crippen LogP contribution in [0.4, 0.5) is 5.82 Å². The molecule has 1 aromatic heterocycles. The lowest BCUT2D eigenvalue weighted by atomic mass is 10.1. The van der Waals surface area contributed by atoms with Gasteiger partial charge in [0, 0.05) is 13.6 Å². The van der Waals surface area contributed by atoms with Gasteiger partial charge in [0.2, 0.25) is 0 Å². The molecule has 1 atom stereocenters. The first-order valence-electron chi connectivity index (χ1n) is 5.65. The van der Waals surface area contributed by atoms with Gasteiger partial charge in [0.05, 0.1) is 12.4 Å². The summed E-state index contributed by atoms with van der Waals surface area (Å²) in [5, 5.41) is 5.77. The molecule has 1 fully saturated rings. The van der Waals surface area contributed by atoms with Crippen LogP contribution in [0.5, 0.6) is 0 Å². The van der Waals surface area contributed by atoms with E-state index in [1.807, 2.05) is 11.8 Å². The molecule has 0 aromatic carbocycles. The van der Waals surface area contributed by atoms with Gasteiger partial charge in [-0.15, -0.1) is 0 Å². The number of amides is 1. The van der Waals surface area contributed by atoms with Crippen molar-refractivity contribution in [1.29, 1.82) is 0 Å². The van der Waals surface area contributed by atoms with Crippen molar-refractivity contribution < 1.29 is 4.79 Å². The topological polar surface area (TPSA) is 66.9 Å². The maximum absolute atomic E-state index is 11.8. The van der Waals surface area contributed by atoms with Crippen LogP contribution in [-0.4, -0.2) is 41.0 Å². The van der Waals surface area contributed by atoms with E-state index >= 15 is 0 Å². The molecule has 1 saturated heterocycles. The molecule has 1 unspecified atom stereocenters. The lowest BCUT2D eigenvalue weighted by Crippen LogP contribution is -2.30. The number of hydrogen-bond donors (Lipinski definition) is 2. The molecule has 1 aromatic rings. The quantitative estimate of drug-likeness (QED) is 0.837. The Kier molecular flexibility index (Phi) is 4.19. The Morgan fingerprint density at radius 2 is 2.47 bits per heavy atom. The maximum atomic E-state index is 11.8. The van der Waals surface area contributed by atoms with E-state index in [4.69, 9.17) is 0 Å². The number of nitrogens with one attached hydrogen (secondary N) is 2. The molecule has 1 amide bonds. The first-order chi connectivity index (χ1) is 8.29. The van der Waals surface area contributed by atoms with Crippen LogP contribution in [0.2, 0.25) is 0 Å². The molecule has 17 heavy (non-hydrogen) atoms. The molecule has 0 aliphatic carbocycles. The normalized spacial score (nSPS) is 19.0. The van der Waals surface area contributed by atoms with Crippen molar-refractivity contribution >= 4 is 23.5 Å². The van der Waals surface area contributed by atoms with Crippen LogP contribution < -0.4 is 10.6 Å². The molecule has 2 N–H and O–H groups in total. The molecule has 0 bridgehead atoms. The molecular weight excluding hydrogens is 236 g/mol. The number of rotatable bonds is 4. The van der Waals surface area contributed by atoms with Crippen LogP contribution in [0.1, 0.15) is 16.9 Å². The Labute approximate surface area is 105 Å². The minimum absolute atomic E-state index is 0.147. The van der Waals surface area contributed by atoms with Crippen LogP contribution in [0.3, 0.4) is 0 Å². The van der Waals surface area contributed by atoms with Crippen LogP contribution in [0.25, 0.3) is 0 Å². The SMILES string of the molecule is CNc1cncc(C(=O)NCC2CCSC2)n1. The van der Waals surface area contributed by atoms with Gasteiger partial charge in [0.1, 0.15) is 11.5 Å². The molecule has 0 saturated carbocycles. The highest BCUT2D eigenvalue weighted by atomic mass is 32.2. The summed E-state index contributed by atoms with van der Waals surface area (Å²) in [6.45, 7) is 0.733. The molecule has 0 spiro atoms. The Bertz CT molecular complexity index is 393. The Morgan fingerprint density at radius 3 is 3.18 bits per heavy atom. The average Bonchev–Trinajstić information content (AvgIpc) is 2.89. The number of carbonyl (C=O) groups is 1. The van der Waals surface area contributed by atoms with Gasteiger partial charge in [-0.25, -0.2) is 4.98 Å². The summed E-state index contributed by atoms with van der Waals surface area (Å²) in [7, 11) is 1.75. The summed E-state index contributed by atoms with van der Waals surface area (Å²) in [5.41, 5.74) is 0.363. The average molecular weight is 252 g/mol. The molecule has 6 heteroatoms. The van der Waals surface area contributed by atoms with E-state index in [9.17, 15) is 4.79 Å². The maximum Gasteiger partial charge on any atom is 0.271 e. The highest BCUT2D eigenvalue weighted by molar-refractivity contribution is 7.99. The molecule has 1 aliphatic rings. The highest BCUT2D eigenvalue weighted by Gasteiger charge is 2.17. The molecule has 2 heterocycles. The fourth-order valence-electron chi connectivity index (χ4n) is 1.67. The Morgan fingerprint density at radius 1 is 1.59 bits per heavy atom. The van der Waals surface area contributed by atoms with Gasteiger partial charge >= 0.3 is 0 Å². The third-order valence-electron chi connectivity index (χ3n) is 2.70. The number of anilines is 1.